The molecule has 1 atom stereocenters. The third-order valence-corrected chi connectivity index (χ3v) is 5.77. The molecule has 2 heterocycles. The first kappa shape index (κ1) is 14.2. The van der Waals surface area contributed by atoms with Gasteiger partial charge in [0.2, 0.25) is 10.0 Å². The van der Waals surface area contributed by atoms with Crippen LogP contribution in [0.2, 0.25) is 0 Å². The Hall–Kier alpha value is -0.170. The Morgan fingerprint density at radius 2 is 1.94 bits per heavy atom. The van der Waals surface area contributed by atoms with Gasteiger partial charge in [-0.2, -0.15) is 0 Å². The summed E-state index contributed by atoms with van der Waals surface area (Å²) in [6.07, 6.45) is 1.70. The van der Waals surface area contributed by atoms with Crippen LogP contribution in [-0.2, 0) is 14.8 Å². The number of hydrogen-bond donors (Lipinski definition) is 0. The van der Waals surface area contributed by atoms with Crippen molar-refractivity contribution >= 4 is 10.0 Å². The van der Waals surface area contributed by atoms with Crippen LogP contribution in [0.1, 0.15) is 19.8 Å². The number of morpholine rings is 1. The summed E-state index contributed by atoms with van der Waals surface area (Å²) in [6.45, 7) is 7.93. The summed E-state index contributed by atoms with van der Waals surface area (Å²) < 4.78 is 30.9. The average Bonchev–Trinajstić information content (AvgIpc) is 2.79. The van der Waals surface area contributed by atoms with Crippen LogP contribution in [0.25, 0.3) is 0 Å². The van der Waals surface area contributed by atoms with Crippen molar-refractivity contribution in [1.82, 2.24) is 9.21 Å². The summed E-state index contributed by atoms with van der Waals surface area (Å²) in [6, 6.07) is 0. The largest absolute Gasteiger partial charge is 0.379 e. The molecular weight excluding hydrogens is 252 g/mol. The lowest BCUT2D eigenvalue weighted by Gasteiger charge is -2.29. The highest BCUT2D eigenvalue weighted by atomic mass is 32.2. The van der Waals surface area contributed by atoms with Crippen LogP contribution in [0.4, 0.5) is 0 Å². The third-order valence-electron chi connectivity index (χ3n) is 3.72. The Morgan fingerprint density at radius 3 is 2.61 bits per heavy atom. The normalized spacial score (nSPS) is 27.7. The van der Waals surface area contributed by atoms with E-state index in [4.69, 9.17) is 4.74 Å². The van der Waals surface area contributed by atoms with E-state index < -0.39 is 10.0 Å². The molecule has 0 bridgehead atoms. The van der Waals surface area contributed by atoms with E-state index in [9.17, 15) is 8.42 Å². The van der Waals surface area contributed by atoms with Crippen LogP contribution >= 0.6 is 0 Å². The van der Waals surface area contributed by atoms with Crippen molar-refractivity contribution in [3.05, 3.63) is 0 Å². The van der Waals surface area contributed by atoms with Gasteiger partial charge in [-0.05, 0) is 18.8 Å². The van der Waals surface area contributed by atoms with E-state index >= 15 is 0 Å². The van der Waals surface area contributed by atoms with Crippen molar-refractivity contribution in [2.75, 3.05) is 51.7 Å². The van der Waals surface area contributed by atoms with Gasteiger partial charge in [-0.3, -0.25) is 4.90 Å². The highest BCUT2D eigenvalue weighted by Crippen LogP contribution is 2.21. The predicted molar refractivity (Wildman–Crippen MR) is 71.0 cm³/mol. The fourth-order valence-corrected chi connectivity index (χ4v) is 4.33. The fourth-order valence-electron chi connectivity index (χ4n) is 2.73. The fraction of sp³-hybridized carbons (Fsp3) is 1.00. The van der Waals surface area contributed by atoms with Crippen LogP contribution in [-0.4, -0.2) is 69.3 Å². The summed E-state index contributed by atoms with van der Waals surface area (Å²) in [4.78, 5) is 2.39. The Kier molecular flexibility index (Phi) is 5.00. The number of hydrogen-bond acceptors (Lipinski definition) is 4. The zero-order chi connectivity index (χ0) is 13.0. The van der Waals surface area contributed by atoms with Gasteiger partial charge in [0.15, 0.2) is 0 Å². The quantitative estimate of drug-likeness (QED) is 0.728. The van der Waals surface area contributed by atoms with Crippen molar-refractivity contribution < 1.29 is 13.2 Å². The molecule has 2 aliphatic rings. The smallest absolute Gasteiger partial charge is 0.214 e. The standard InChI is InChI=1S/C12H24N2O3S/c1-2-9-18(15,16)14-4-3-12(11-14)10-13-5-7-17-8-6-13/h12H,2-11H2,1H3/t12-/m1/s1. The maximum atomic E-state index is 12.0. The molecule has 0 radical (unpaired) electrons. The zero-order valence-corrected chi connectivity index (χ0v) is 12.0. The molecule has 2 fully saturated rings. The Bertz CT molecular complexity index is 352. The molecule has 2 aliphatic heterocycles. The van der Waals surface area contributed by atoms with E-state index in [1.165, 1.54) is 0 Å². The van der Waals surface area contributed by atoms with Crippen molar-refractivity contribution in [2.24, 2.45) is 5.92 Å². The van der Waals surface area contributed by atoms with E-state index in [0.717, 1.165) is 39.3 Å². The van der Waals surface area contributed by atoms with Crippen molar-refractivity contribution in [1.29, 1.82) is 0 Å². The van der Waals surface area contributed by atoms with Gasteiger partial charge in [0.05, 0.1) is 19.0 Å². The molecule has 0 saturated carbocycles. The summed E-state index contributed by atoms with van der Waals surface area (Å²) in [7, 11) is -2.99. The van der Waals surface area contributed by atoms with Gasteiger partial charge in [0.1, 0.15) is 0 Å². The van der Waals surface area contributed by atoms with Crippen molar-refractivity contribution in [3.63, 3.8) is 0 Å². The molecule has 6 heteroatoms. The summed E-state index contributed by atoms with van der Waals surface area (Å²) in [5, 5.41) is 0. The minimum absolute atomic E-state index is 0.289. The molecule has 18 heavy (non-hydrogen) atoms. The van der Waals surface area contributed by atoms with E-state index in [-0.39, 0.29) is 5.75 Å². The van der Waals surface area contributed by atoms with Gasteiger partial charge in [-0.15, -0.1) is 0 Å². The minimum Gasteiger partial charge on any atom is -0.379 e. The third kappa shape index (κ3) is 3.66. The lowest BCUT2D eigenvalue weighted by molar-refractivity contribution is 0.0316. The van der Waals surface area contributed by atoms with Crippen molar-refractivity contribution in [2.45, 2.75) is 19.8 Å². The van der Waals surface area contributed by atoms with Crippen LogP contribution in [0.5, 0.6) is 0 Å². The molecule has 0 aromatic carbocycles. The summed E-state index contributed by atoms with van der Waals surface area (Å²) in [5.41, 5.74) is 0. The Balaban J connectivity index is 1.81. The highest BCUT2D eigenvalue weighted by molar-refractivity contribution is 7.89. The van der Waals surface area contributed by atoms with Gasteiger partial charge in [0.25, 0.3) is 0 Å². The second kappa shape index (κ2) is 6.32. The first-order valence-electron chi connectivity index (χ1n) is 6.89. The predicted octanol–water partition coefficient (Wildman–Crippen LogP) is 0.380. The van der Waals surface area contributed by atoms with E-state index in [2.05, 4.69) is 4.90 Å². The molecule has 5 nitrogen and oxygen atoms in total. The second-order valence-corrected chi connectivity index (χ2v) is 7.33. The molecular formula is C12H24N2O3S. The number of nitrogens with zero attached hydrogens (tertiary/aromatic N) is 2. The SMILES string of the molecule is CCCS(=O)(=O)N1CC[C@H](CN2CCOCC2)C1. The molecule has 0 unspecified atom stereocenters. The second-order valence-electron chi connectivity index (χ2n) is 5.24. The van der Waals surface area contributed by atoms with Crippen LogP contribution in [0.3, 0.4) is 0 Å². The summed E-state index contributed by atoms with van der Waals surface area (Å²) >= 11 is 0. The van der Waals surface area contributed by atoms with E-state index in [0.29, 0.717) is 25.4 Å². The van der Waals surface area contributed by atoms with Gasteiger partial charge in [-0.1, -0.05) is 6.92 Å². The lowest BCUT2D eigenvalue weighted by atomic mass is 10.1. The topological polar surface area (TPSA) is 49.9 Å². The Morgan fingerprint density at radius 1 is 1.22 bits per heavy atom. The van der Waals surface area contributed by atoms with Crippen LogP contribution in [0, 0.1) is 5.92 Å². The van der Waals surface area contributed by atoms with Crippen LogP contribution in [0.15, 0.2) is 0 Å². The average molecular weight is 276 g/mol. The van der Waals surface area contributed by atoms with Gasteiger partial charge in [0, 0.05) is 32.7 Å². The van der Waals surface area contributed by atoms with E-state index in [1.54, 1.807) is 4.31 Å². The maximum absolute atomic E-state index is 12.0. The molecule has 0 amide bonds. The molecule has 0 aromatic heterocycles. The molecule has 106 valence electrons. The van der Waals surface area contributed by atoms with Gasteiger partial charge >= 0.3 is 0 Å². The first-order valence-corrected chi connectivity index (χ1v) is 8.50. The number of ether oxygens (including phenoxy) is 1. The van der Waals surface area contributed by atoms with Crippen LogP contribution < -0.4 is 0 Å². The van der Waals surface area contributed by atoms with Gasteiger partial charge < -0.3 is 4.74 Å². The number of rotatable bonds is 5. The van der Waals surface area contributed by atoms with Gasteiger partial charge in [-0.25, -0.2) is 12.7 Å². The van der Waals surface area contributed by atoms with E-state index in [1.807, 2.05) is 6.92 Å². The number of sulfonamides is 1. The monoisotopic (exact) mass is 276 g/mol. The maximum Gasteiger partial charge on any atom is 0.214 e. The zero-order valence-electron chi connectivity index (χ0n) is 11.2. The molecule has 0 aromatic rings. The minimum atomic E-state index is -2.99. The van der Waals surface area contributed by atoms with Crippen molar-refractivity contribution in [3.8, 4) is 0 Å². The molecule has 0 N–H and O–H groups in total. The summed E-state index contributed by atoms with van der Waals surface area (Å²) in [5.74, 6) is 0.784. The molecule has 2 rings (SSSR count). The Labute approximate surface area is 110 Å². The highest BCUT2D eigenvalue weighted by Gasteiger charge is 2.31. The molecule has 0 spiro atoms. The lowest BCUT2D eigenvalue weighted by Crippen LogP contribution is -2.40. The molecule has 2 saturated heterocycles. The molecule has 0 aliphatic carbocycles. The first-order chi connectivity index (χ1) is 8.62.